The van der Waals surface area contributed by atoms with Crippen LogP contribution in [0.4, 0.5) is 10.1 Å². The van der Waals surface area contributed by atoms with Crippen LogP contribution in [0.1, 0.15) is 10.4 Å². The van der Waals surface area contributed by atoms with Gasteiger partial charge < -0.3 is 10.3 Å². The number of nitrogens with zero attached hydrogens (tertiary/aromatic N) is 1. The first-order chi connectivity index (χ1) is 10.0. The molecule has 0 aliphatic rings. The van der Waals surface area contributed by atoms with Crippen molar-refractivity contribution in [1.82, 2.24) is 9.97 Å². The minimum absolute atomic E-state index is 0.0539. The number of imidazole rings is 1. The summed E-state index contributed by atoms with van der Waals surface area (Å²) in [4.78, 5) is 19.0. The molecular weight excluding hydrogens is 316 g/mol. The van der Waals surface area contributed by atoms with Crippen LogP contribution in [-0.4, -0.2) is 15.9 Å². The van der Waals surface area contributed by atoms with E-state index in [1.807, 2.05) is 0 Å². The molecule has 106 valence electrons. The van der Waals surface area contributed by atoms with Crippen LogP contribution in [-0.2, 0) is 0 Å². The van der Waals surface area contributed by atoms with Gasteiger partial charge in [-0.1, -0.05) is 17.7 Å². The lowest BCUT2D eigenvalue weighted by Crippen LogP contribution is -2.14. The largest absolute Gasteiger partial charge is 0.329 e. The van der Waals surface area contributed by atoms with E-state index in [0.717, 1.165) is 0 Å². The van der Waals surface area contributed by atoms with E-state index in [0.29, 0.717) is 16.7 Å². The minimum Gasteiger partial charge on any atom is -0.329 e. The van der Waals surface area contributed by atoms with E-state index in [9.17, 15) is 9.18 Å². The van der Waals surface area contributed by atoms with E-state index in [4.69, 9.17) is 23.2 Å². The zero-order valence-corrected chi connectivity index (χ0v) is 12.0. The number of nitrogens with one attached hydrogen (secondary N) is 2. The molecule has 0 unspecified atom stereocenters. The first-order valence-electron chi connectivity index (χ1n) is 5.95. The maximum Gasteiger partial charge on any atom is 0.260 e. The number of hydrogen-bond acceptors (Lipinski definition) is 2. The first-order valence-corrected chi connectivity index (χ1v) is 6.71. The second-order valence-corrected chi connectivity index (χ2v) is 5.08. The molecule has 4 nitrogen and oxygen atoms in total. The lowest BCUT2D eigenvalue weighted by atomic mass is 10.2. The summed E-state index contributed by atoms with van der Waals surface area (Å²) >= 11 is 11.6. The summed E-state index contributed by atoms with van der Waals surface area (Å²) in [5.74, 6) is -1.30. The molecule has 7 heteroatoms. The number of aromatic nitrogens is 2. The molecule has 3 rings (SSSR count). The highest BCUT2D eigenvalue weighted by Crippen LogP contribution is 2.22. The molecule has 0 spiro atoms. The Morgan fingerprint density at radius 3 is 2.81 bits per heavy atom. The van der Waals surface area contributed by atoms with Crippen LogP contribution in [0.2, 0.25) is 10.3 Å². The second kappa shape index (κ2) is 5.35. The zero-order valence-electron chi connectivity index (χ0n) is 10.5. The molecule has 21 heavy (non-hydrogen) atoms. The number of aromatic amines is 1. The molecule has 0 saturated heterocycles. The molecule has 0 bridgehead atoms. The van der Waals surface area contributed by atoms with Crippen LogP contribution < -0.4 is 5.32 Å². The first kappa shape index (κ1) is 13.9. The Labute approximate surface area is 128 Å². The van der Waals surface area contributed by atoms with Crippen molar-refractivity contribution in [3.8, 4) is 0 Å². The number of carbonyl (C=O) groups is 1. The SMILES string of the molecule is O=C(Nc1ccc2nc(Cl)[nH]c2c1)c1c(F)cccc1Cl. The summed E-state index contributed by atoms with van der Waals surface area (Å²) in [6.45, 7) is 0. The fourth-order valence-electron chi connectivity index (χ4n) is 1.96. The van der Waals surface area contributed by atoms with Gasteiger partial charge in [-0.15, -0.1) is 0 Å². The van der Waals surface area contributed by atoms with Gasteiger partial charge in [0.15, 0.2) is 0 Å². The maximum absolute atomic E-state index is 13.7. The van der Waals surface area contributed by atoms with Crippen molar-refractivity contribution in [2.45, 2.75) is 0 Å². The Morgan fingerprint density at radius 1 is 1.24 bits per heavy atom. The van der Waals surface area contributed by atoms with Crippen molar-refractivity contribution >= 4 is 45.8 Å². The Balaban J connectivity index is 1.92. The molecule has 0 atom stereocenters. The smallest absolute Gasteiger partial charge is 0.260 e. The molecule has 1 heterocycles. The monoisotopic (exact) mass is 323 g/mol. The van der Waals surface area contributed by atoms with Crippen molar-refractivity contribution < 1.29 is 9.18 Å². The van der Waals surface area contributed by atoms with Crippen molar-refractivity contribution in [3.63, 3.8) is 0 Å². The lowest BCUT2D eigenvalue weighted by molar-refractivity contribution is 0.102. The molecule has 1 amide bonds. The van der Waals surface area contributed by atoms with E-state index in [1.165, 1.54) is 18.2 Å². The second-order valence-electron chi connectivity index (χ2n) is 4.31. The quantitative estimate of drug-likeness (QED) is 0.740. The molecule has 0 fully saturated rings. The number of halogens is 3. The third kappa shape index (κ3) is 2.70. The fraction of sp³-hybridized carbons (Fsp3) is 0. The summed E-state index contributed by atoms with van der Waals surface area (Å²) < 4.78 is 13.7. The van der Waals surface area contributed by atoms with Crippen LogP contribution in [0.5, 0.6) is 0 Å². The van der Waals surface area contributed by atoms with Gasteiger partial charge in [-0.05, 0) is 41.9 Å². The molecule has 0 saturated carbocycles. The normalized spacial score (nSPS) is 10.8. The predicted molar refractivity (Wildman–Crippen MR) is 80.5 cm³/mol. The molecule has 0 radical (unpaired) electrons. The van der Waals surface area contributed by atoms with E-state index in [-0.39, 0.29) is 15.9 Å². The zero-order chi connectivity index (χ0) is 15.0. The Bertz CT molecular complexity index is 827. The summed E-state index contributed by atoms with van der Waals surface area (Å²) in [7, 11) is 0. The molecule has 3 aromatic rings. The van der Waals surface area contributed by atoms with Gasteiger partial charge in [0.1, 0.15) is 5.82 Å². The van der Waals surface area contributed by atoms with Gasteiger partial charge in [-0.25, -0.2) is 9.37 Å². The predicted octanol–water partition coefficient (Wildman–Crippen LogP) is 4.26. The topological polar surface area (TPSA) is 57.8 Å². The summed E-state index contributed by atoms with van der Waals surface area (Å²) in [6, 6.07) is 9.06. The number of hydrogen-bond donors (Lipinski definition) is 2. The fourth-order valence-corrected chi connectivity index (χ4v) is 2.41. The standard InChI is InChI=1S/C14H8Cl2FN3O/c15-8-2-1-3-9(17)12(8)13(21)18-7-4-5-10-11(6-7)20-14(16)19-10/h1-6H,(H,18,21)(H,19,20). The highest BCUT2D eigenvalue weighted by atomic mass is 35.5. The number of benzene rings is 2. The van der Waals surface area contributed by atoms with Crippen molar-refractivity contribution in [3.05, 3.63) is 58.1 Å². The number of amides is 1. The van der Waals surface area contributed by atoms with E-state index < -0.39 is 11.7 Å². The minimum atomic E-state index is -0.675. The number of carbonyl (C=O) groups excluding carboxylic acids is 1. The molecule has 2 aromatic carbocycles. The van der Waals surface area contributed by atoms with Crippen LogP contribution >= 0.6 is 23.2 Å². The van der Waals surface area contributed by atoms with Gasteiger partial charge >= 0.3 is 0 Å². The van der Waals surface area contributed by atoms with Crippen molar-refractivity contribution in [1.29, 1.82) is 0 Å². The van der Waals surface area contributed by atoms with Gasteiger partial charge in [-0.2, -0.15) is 0 Å². The third-order valence-electron chi connectivity index (χ3n) is 2.90. The molecule has 1 aromatic heterocycles. The Hall–Kier alpha value is -2.11. The average Bonchev–Trinajstić information content (AvgIpc) is 2.77. The van der Waals surface area contributed by atoms with E-state index >= 15 is 0 Å². The molecule has 0 aliphatic carbocycles. The van der Waals surface area contributed by atoms with Crippen molar-refractivity contribution in [2.75, 3.05) is 5.32 Å². The van der Waals surface area contributed by atoms with Gasteiger partial charge in [0.25, 0.3) is 5.91 Å². The number of rotatable bonds is 2. The molecule has 0 aliphatic heterocycles. The average molecular weight is 324 g/mol. The third-order valence-corrected chi connectivity index (χ3v) is 3.39. The van der Waals surface area contributed by atoms with E-state index in [2.05, 4.69) is 15.3 Å². The highest BCUT2D eigenvalue weighted by molar-refractivity contribution is 6.34. The highest BCUT2D eigenvalue weighted by Gasteiger charge is 2.16. The van der Waals surface area contributed by atoms with Crippen LogP contribution in [0.15, 0.2) is 36.4 Å². The maximum atomic E-state index is 13.7. The Morgan fingerprint density at radius 2 is 2.05 bits per heavy atom. The van der Waals surface area contributed by atoms with Crippen LogP contribution in [0, 0.1) is 5.82 Å². The van der Waals surface area contributed by atoms with Crippen LogP contribution in [0.25, 0.3) is 11.0 Å². The van der Waals surface area contributed by atoms with Gasteiger partial charge in [0.2, 0.25) is 5.28 Å². The van der Waals surface area contributed by atoms with Gasteiger partial charge in [-0.3, -0.25) is 4.79 Å². The van der Waals surface area contributed by atoms with Gasteiger partial charge in [0, 0.05) is 5.69 Å². The molecular formula is C14H8Cl2FN3O. The summed E-state index contributed by atoms with van der Waals surface area (Å²) in [5, 5.41) is 2.90. The summed E-state index contributed by atoms with van der Waals surface area (Å²) in [5.41, 5.74) is 1.62. The lowest BCUT2D eigenvalue weighted by Gasteiger charge is -2.07. The van der Waals surface area contributed by atoms with E-state index in [1.54, 1.807) is 18.2 Å². The number of H-pyrrole nitrogens is 1. The summed E-state index contributed by atoms with van der Waals surface area (Å²) in [6.07, 6.45) is 0. The number of anilines is 1. The Kier molecular flexibility index (Phi) is 3.53. The van der Waals surface area contributed by atoms with Crippen LogP contribution in [0.3, 0.4) is 0 Å². The van der Waals surface area contributed by atoms with Crippen molar-refractivity contribution in [2.24, 2.45) is 0 Å². The molecule has 2 N–H and O–H groups in total. The number of fused-ring (bicyclic) bond motifs is 1. The van der Waals surface area contributed by atoms with Gasteiger partial charge in [0.05, 0.1) is 21.6 Å².